The number of hydrogen-bond acceptors (Lipinski definition) is 1. The quantitative estimate of drug-likeness (QED) is 0.653. The van der Waals surface area contributed by atoms with E-state index in [2.05, 4.69) is 33.9 Å². The summed E-state index contributed by atoms with van der Waals surface area (Å²) in [6.45, 7) is 2.06. The predicted molar refractivity (Wildman–Crippen MR) is 47.6 cm³/mol. The second-order valence-corrected chi connectivity index (χ2v) is 3.35. The van der Waals surface area contributed by atoms with E-state index in [0.29, 0.717) is 0 Å². The molecular weight excluding hydrogens is 204 g/mol. The minimum atomic E-state index is 0.878. The third-order valence-corrected chi connectivity index (χ3v) is 1.95. The minimum absolute atomic E-state index is 0.878. The number of hydrogen-bond donors (Lipinski definition) is 0. The second kappa shape index (κ2) is 2.34. The highest BCUT2D eigenvalue weighted by molar-refractivity contribution is 9.10. The van der Waals surface area contributed by atoms with Crippen LogP contribution in [0.4, 0.5) is 0 Å². The number of halogens is 1. The van der Waals surface area contributed by atoms with E-state index in [1.807, 2.05) is 22.9 Å². The maximum atomic E-state index is 4.23. The van der Waals surface area contributed by atoms with Crippen LogP contribution in [-0.4, -0.2) is 9.38 Å². The minimum Gasteiger partial charge on any atom is -0.306 e. The summed E-state index contributed by atoms with van der Waals surface area (Å²) in [4.78, 5) is 4.23. The lowest BCUT2D eigenvalue weighted by Crippen LogP contribution is -1.82. The van der Waals surface area contributed by atoms with Gasteiger partial charge in [0.2, 0.25) is 0 Å². The number of nitrogens with zero attached hydrogens (tertiary/aromatic N) is 2. The summed E-state index contributed by atoms with van der Waals surface area (Å²) >= 11 is 3.32. The van der Waals surface area contributed by atoms with E-state index in [1.54, 1.807) is 0 Å². The first-order chi connectivity index (χ1) is 5.25. The summed E-state index contributed by atoms with van der Waals surface area (Å²) in [5.41, 5.74) is 2.21. The fourth-order valence-corrected chi connectivity index (χ4v) is 1.47. The van der Waals surface area contributed by atoms with Crippen LogP contribution in [0.5, 0.6) is 0 Å². The zero-order chi connectivity index (χ0) is 7.84. The summed E-state index contributed by atoms with van der Waals surface area (Å²) in [5.74, 6) is 0. The van der Waals surface area contributed by atoms with Gasteiger partial charge >= 0.3 is 0 Å². The van der Waals surface area contributed by atoms with Crippen LogP contribution in [0, 0.1) is 6.92 Å². The van der Waals surface area contributed by atoms with Crippen LogP contribution < -0.4 is 0 Å². The molecule has 0 radical (unpaired) electrons. The molecule has 3 heteroatoms. The molecule has 0 aliphatic carbocycles. The fourth-order valence-electron chi connectivity index (χ4n) is 1.07. The molecule has 0 atom stereocenters. The average Bonchev–Trinajstić information content (AvgIpc) is 2.27. The molecule has 0 aliphatic rings. The van der Waals surface area contributed by atoms with Gasteiger partial charge in [-0.15, -0.1) is 0 Å². The molecule has 0 saturated carbocycles. The van der Waals surface area contributed by atoms with Crippen molar-refractivity contribution in [1.29, 1.82) is 0 Å². The molecule has 56 valence electrons. The Bertz CT molecular complexity index is 392. The molecule has 0 saturated heterocycles. The SMILES string of the molecule is Cc1ccc2nc(Br)cn2c1. The molecule has 2 nitrogen and oxygen atoms in total. The van der Waals surface area contributed by atoms with Crippen LogP contribution in [0.15, 0.2) is 29.1 Å². The third-order valence-electron chi connectivity index (χ3n) is 1.57. The molecule has 2 rings (SSSR count). The normalized spacial score (nSPS) is 10.7. The molecule has 0 bridgehead atoms. The van der Waals surface area contributed by atoms with Crippen molar-refractivity contribution < 1.29 is 0 Å². The lowest BCUT2D eigenvalue weighted by Gasteiger charge is -1.92. The molecule has 2 aromatic rings. The Labute approximate surface area is 73.0 Å². The molecule has 0 amide bonds. The van der Waals surface area contributed by atoms with Crippen LogP contribution in [0.25, 0.3) is 5.65 Å². The third kappa shape index (κ3) is 1.16. The van der Waals surface area contributed by atoms with E-state index in [9.17, 15) is 0 Å². The Hall–Kier alpha value is -0.830. The van der Waals surface area contributed by atoms with Gasteiger partial charge in [0.1, 0.15) is 10.3 Å². The Morgan fingerprint density at radius 2 is 2.18 bits per heavy atom. The van der Waals surface area contributed by atoms with Crippen LogP contribution in [0.1, 0.15) is 5.56 Å². The van der Waals surface area contributed by atoms with Crippen LogP contribution in [-0.2, 0) is 0 Å². The van der Waals surface area contributed by atoms with Gasteiger partial charge in [0.15, 0.2) is 0 Å². The number of imidazole rings is 1. The number of aromatic nitrogens is 2. The number of rotatable bonds is 0. The van der Waals surface area contributed by atoms with Crippen molar-refractivity contribution >= 4 is 21.6 Å². The summed E-state index contributed by atoms with van der Waals surface area (Å²) in [7, 11) is 0. The number of aryl methyl sites for hydroxylation is 1. The van der Waals surface area contributed by atoms with Gasteiger partial charge < -0.3 is 4.40 Å². The maximum Gasteiger partial charge on any atom is 0.138 e. The smallest absolute Gasteiger partial charge is 0.138 e. The molecule has 0 spiro atoms. The molecule has 11 heavy (non-hydrogen) atoms. The monoisotopic (exact) mass is 210 g/mol. The molecule has 2 heterocycles. The Morgan fingerprint density at radius 1 is 1.36 bits per heavy atom. The van der Waals surface area contributed by atoms with Gasteiger partial charge in [-0.25, -0.2) is 4.98 Å². The lowest BCUT2D eigenvalue weighted by molar-refractivity contribution is 1.16. The first-order valence-electron chi connectivity index (χ1n) is 3.36. The van der Waals surface area contributed by atoms with Crippen molar-refractivity contribution in [3.8, 4) is 0 Å². The van der Waals surface area contributed by atoms with Gasteiger partial charge in [-0.3, -0.25) is 0 Å². The van der Waals surface area contributed by atoms with E-state index >= 15 is 0 Å². The largest absolute Gasteiger partial charge is 0.306 e. The molecule has 0 N–H and O–H groups in total. The van der Waals surface area contributed by atoms with E-state index in [1.165, 1.54) is 5.56 Å². The first-order valence-corrected chi connectivity index (χ1v) is 4.16. The van der Waals surface area contributed by atoms with Crippen molar-refractivity contribution in [3.05, 3.63) is 34.7 Å². The first kappa shape index (κ1) is 6.85. The maximum absolute atomic E-state index is 4.23. The molecule has 0 unspecified atom stereocenters. The van der Waals surface area contributed by atoms with E-state index in [0.717, 1.165) is 10.3 Å². The molecule has 0 aliphatic heterocycles. The Balaban J connectivity index is 2.82. The summed E-state index contributed by atoms with van der Waals surface area (Å²) < 4.78 is 2.88. The molecular formula is C8H7BrN2. The molecule has 2 aromatic heterocycles. The standard InChI is InChI=1S/C8H7BrN2/c1-6-2-3-8-10-7(9)5-11(8)4-6/h2-5H,1H3. The van der Waals surface area contributed by atoms with Gasteiger partial charge in [-0.05, 0) is 34.5 Å². The van der Waals surface area contributed by atoms with Gasteiger partial charge in [0.05, 0.1) is 0 Å². The van der Waals surface area contributed by atoms with Crippen molar-refractivity contribution in [2.24, 2.45) is 0 Å². The molecule has 0 aromatic carbocycles. The van der Waals surface area contributed by atoms with Crippen molar-refractivity contribution in [2.45, 2.75) is 6.92 Å². The number of pyridine rings is 1. The van der Waals surface area contributed by atoms with Gasteiger partial charge in [0.25, 0.3) is 0 Å². The van der Waals surface area contributed by atoms with Crippen LogP contribution in [0.3, 0.4) is 0 Å². The van der Waals surface area contributed by atoms with Crippen LogP contribution in [0.2, 0.25) is 0 Å². The zero-order valence-corrected chi connectivity index (χ0v) is 7.67. The van der Waals surface area contributed by atoms with Gasteiger partial charge in [-0.1, -0.05) is 6.07 Å². The topological polar surface area (TPSA) is 17.3 Å². The van der Waals surface area contributed by atoms with Crippen molar-refractivity contribution in [3.63, 3.8) is 0 Å². The zero-order valence-electron chi connectivity index (χ0n) is 6.08. The second-order valence-electron chi connectivity index (χ2n) is 2.54. The highest BCUT2D eigenvalue weighted by Gasteiger charge is 1.96. The Morgan fingerprint density at radius 3 is 3.00 bits per heavy atom. The van der Waals surface area contributed by atoms with Crippen molar-refractivity contribution in [1.82, 2.24) is 9.38 Å². The van der Waals surface area contributed by atoms with Gasteiger partial charge in [0, 0.05) is 12.4 Å². The van der Waals surface area contributed by atoms with Crippen molar-refractivity contribution in [2.75, 3.05) is 0 Å². The highest BCUT2D eigenvalue weighted by atomic mass is 79.9. The predicted octanol–water partition coefficient (Wildman–Crippen LogP) is 2.41. The summed E-state index contributed by atoms with van der Waals surface area (Å²) in [6.07, 6.45) is 4.00. The molecule has 0 fully saturated rings. The summed E-state index contributed by atoms with van der Waals surface area (Å²) in [6, 6.07) is 4.05. The average molecular weight is 211 g/mol. The van der Waals surface area contributed by atoms with Gasteiger partial charge in [-0.2, -0.15) is 0 Å². The van der Waals surface area contributed by atoms with E-state index < -0.39 is 0 Å². The highest BCUT2D eigenvalue weighted by Crippen LogP contribution is 2.11. The Kier molecular flexibility index (Phi) is 1.46. The fraction of sp³-hybridized carbons (Fsp3) is 0.125. The van der Waals surface area contributed by atoms with Crippen LogP contribution >= 0.6 is 15.9 Å². The lowest BCUT2D eigenvalue weighted by atomic mass is 10.3. The summed E-state index contributed by atoms with van der Waals surface area (Å²) in [5, 5.41) is 0. The number of fused-ring (bicyclic) bond motifs is 1. The van der Waals surface area contributed by atoms with E-state index in [-0.39, 0.29) is 0 Å². The van der Waals surface area contributed by atoms with E-state index in [4.69, 9.17) is 0 Å².